The first-order valence-electron chi connectivity index (χ1n) is 5.35. The van der Waals surface area contributed by atoms with Crippen molar-refractivity contribution in [2.45, 2.75) is 26.4 Å². The Hall–Kier alpha value is -0.903. The predicted octanol–water partition coefficient (Wildman–Crippen LogP) is 2.28. The molecule has 0 amide bonds. The molecule has 0 N–H and O–H groups in total. The van der Waals surface area contributed by atoms with Gasteiger partial charge in [-0.1, -0.05) is 47.3 Å². The summed E-state index contributed by atoms with van der Waals surface area (Å²) >= 11 is 0. The fraction of sp³-hybridized carbons (Fsp3) is 0.385. The highest BCUT2D eigenvalue weighted by Crippen LogP contribution is 2.06. The van der Waals surface area contributed by atoms with Gasteiger partial charge in [-0.2, -0.15) is 0 Å². The van der Waals surface area contributed by atoms with E-state index in [4.69, 9.17) is 9.78 Å². The molecule has 0 bridgehead atoms. The van der Waals surface area contributed by atoms with E-state index in [2.05, 4.69) is 30.0 Å². The monoisotopic (exact) mass is 234 g/mol. The summed E-state index contributed by atoms with van der Waals surface area (Å²) in [5.74, 6) is 0. The zero-order chi connectivity index (χ0) is 11.9. The third-order valence-corrected chi connectivity index (χ3v) is 2.68. The summed E-state index contributed by atoms with van der Waals surface area (Å²) in [5, 5.41) is 1.33. The quantitative estimate of drug-likeness (QED) is 0.337. The van der Waals surface area contributed by atoms with E-state index in [1.54, 1.807) is 0 Å². The normalized spacial score (nSPS) is 12.2. The highest BCUT2D eigenvalue weighted by Gasteiger charge is 2.10. The lowest BCUT2D eigenvalue weighted by Crippen LogP contribution is -2.19. The molecule has 0 heterocycles. The van der Waals surface area contributed by atoms with Crippen LogP contribution in [0.25, 0.3) is 0 Å². The number of benzene rings is 1. The minimum Gasteiger partial charge on any atom is -0.232 e. The van der Waals surface area contributed by atoms with Crippen molar-refractivity contribution in [3.8, 4) is 0 Å². The van der Waals surface area contributed by atoms with Gasteiger partial charge in [-0.3, -0.25) is 0 Å². The largest absolute Gasteiger partial charge is 0.232 e. The summed E-state index contributed by atoms with van der Waals surface area (Å²) in [4.78, 5) is 10.2. The van der Waals surface area contributed by atoms with Crippen molar-refractivity contribution in [2.75, 3.05) is 6.61 Å². The van der Waals surface area contributed by atoms with Crippen LogP contribution in [0.5, 0.6) is 0 Å². The zero-order valence-electron chi connectivity index (χ0n) is 10.1. The van der Waals surface area contributed by atoms with Gasteiger partial charge in [0.05, 0.1) is 5.60 Å². The van der Waals surface area contributed by atoms with Gasteiger partial charge in [-0.05, 0) is 20.8 Å². The van der Waals surface area contributed by atoms with Crippen molar-refractivity contribution in [3.63, 3.8) is 0 Å². The molecule has 0 aliphatic rings. The van der Waals surface area contributed by atoms with Crippen molar-refractivity contribution in [2.24, 2.45) is 0 Å². The topological polar surface area (TPSA) is 18.5 Å². The van der Waals surface area contributed by atoms with Gasteiger partial charge in [0.2, 0.25) is 0 Å². The van der Waals surface area contributed by atoms with Gasteiger partial charge in [-0.25, -0.2) is 9.78 Å². The molecule has 1 rings (SSSR count). The van der Waals surface area contributed by atoms with Gasteiger partial charge in [0.15, 0.2) is 0 Å². The van der Waals surface area contributed by atoms with Gasteiger partial charge < -0.3 is 0 Å². The van der Waals surface area contributed by atoms with Gasteiger partial charge in [0.25, 0.3) is 0 Å². The van der Waals surface area contributed by atoms with E-state index in [1.165, 1.54) is 5.19 Å². The van der Waals surface area contributed by atoms with E-state index in [1.807, 2.05) is 32.9 Å². The van der Waals surface area contributed by atoms with E-state index in [0.29, 0.717) is 16.1 Å². The molecule has 16 heavy (non-hydrogen) atoms. The van der Waals surface area contributed by atoms with Gasteiger partial charge >= 0.3 is 0 Å². The SMILES string of the molecule is CC(C)(C)OOCC=C[Si]c1ccccc1. The van der Waals surface area contributed by atoms with Crippen LogP contribution in [0.1, 0.15) is 20.8 Å². The molecule has 2 nitrogen and oxygen atoms in total. The minimum atomic E-state index is -0.241. The third-order valence-electron chi connectivity index (χ3n) is 1.61. The predicted molar refractivity (Wildman–Crippen MR) is 67.8 cm³/mol. The smallest absolute Gasteiger partial charge is 0.111 e. The lowest BCUT2D eigenvalue weighted by molar-refractivity contribution is -0.341. The molecule has 1 aromatic carbocycles. The number of hydrogen-bond acceptors (Lipinski definition) is 2. The Labute approximate surface area is 100 Å². The molecular formula is C13H18O2Si. The van der Waals surface area contributed by atoms with Crippen LogP contribution >= 0.6 is 0 Å². The van der Waals surface area contributed by atoms with E-state index in [9.17, 15) is 0 Å². The van der Waals surface area contributed by atoms with E-state index in [0.717, 1.165) is 0 Å². The second kappa shape index (κ2) is 6.63. The molecule has 1 aromatic rings. The highest BCUT2D eigenvalue weighted by atomic mass is 28.2. The summed E-state index contributed by atoms with van der Waals surface area (Å²) < 4.78 is 0. The van der Waals surface area contributed by atoms with Gasteiger partial charge in [0.1, 0.15) is 16.1 Å². The molecule has 0 aromatic heterocycles. The van der Waals surface area contributed by atoms with Crippen molar-refractivity contribution in [1.82, 2.24) is 0 Å². The number of rotatable bonds is 5. The number of hydrogen-bond donors (Lipinski definition) is 0. The van der Waals surface area contributed by atoms with Crippen LogP contribution in [0, 0.1) is 0 Å². The Morgan fingerprint density at radius 2 is 1.88 bits per heavy atom. The van der Waals surface area contributed by atoms with E-state index in [-0.39, 0.29) is 5.60 Å². The maximum absolute atomic E-state index is 5.13. The maximum atomic E-state index is 5.13. The Bertz CT molecular complexity index is 314. The van der Waals surface area contributed by atoms with Gasteiger partial charge in [0, 0.05) is 0 Å². The van der Waals surface area contributed by atoms with Crippen LogP contribution in [-0.4, -0.2) is 21.7 Å². The Balaban J connectivity index is 2.14. The molecule has 0 fully saturated rings. The summed E-state index contributed by atoms with van der Waals surface area (Å²) in [6.07, 6.45) is 1.98. The summed E-state index contributed by atoms with van der Waals surface area (Å²) in [6, 6.07) is 10.4. The Morgan fingerprint density at radius 1 is 1.19 bits per heavy atom. The average Bonchev–Trinajstić information content (AvgIpc) is 2.23. The van der Waals surface area contributed by atoms with Crippen LogP contribution in [0.15, 0.2) is 42.1 Å². The highest BCUT2D eigenvalue weighted by molar-refractivity contribution is 6.58. The average molecular weight is 234 g/mol. The molecule has 0 aliphatic carbocycles. The maximum Gasteiger partial charge on any atom is 0.111 e. The third kappa shape index (κ3) is 6.56. The molecule has 0 unspecified atom stereocenters. The molecular weight excluding hydrogens is 216 g/mol. The summed E-state index contributed by atoms with van der Waals surface area (Å²) in [5.41, 5.74) is 1.87. The van der Waals surface area contributed by atoms with Crippen molar-refractivity contribution < 1.29 is 9.78 Å². The lowest BCUT2D eigenvalue weighted by atomic mass is 10.2. The molecule has 2 radical (unpaired) electrons. The molecule has 0 aliphatic heterocycles. The fourth-order valence-corrected chi connectivity index (χ4v) is 1.78. The van der Waals surface area contributed by atoms with Crippen LogP contribution in [-0.2, 0) is 9.78 Å². The lowest BCUT2D eigenvalue weighted by Gasteiger charge is -2.16. The first kappa shape index (κ1) is 13.2. The molecule has 3 heteroatoms. The zero-order valence-corrected chi connectivity index (χ0v) is 11.1. The van der Waals surface area contributed by atoms with Crippen LogP contribution < -0.4 is 5.19 Å². The summed E-state index contributed by atoms with van der Waals surface area (Å²) in [6.45, 7) is 6.38. The minimum absolute atomic E-state index is 0.241. The Kier molecular flexibility index (Phi) is 5.45. The molecule has 0 saturated heterocycles. The molecule has 86 valence electrons. The first-order chi connectivity index (χ1) is 7.58. The van der Waals surface area contributed by atoms with Crippen molar-refractivity contribution in [1.29, 1.82) is 0 Å². The van der Waals surface area contributed by atoms with Crippen LogP contribution in [0.2, 0.25) is 0 Å². The van der Waals surface area contributed by atoms with Crippen molar-refractivity contribution >= 4 is 14.7 Å². The van der Waals surface area contributed by atoms with Crippen LogP contribution in [0.3, 0.4) is 0 Å². The van der Waals surface area contributed by atoms with Crippen molar-refractivity contribution in [3.05, 3.63) is 42.1 Å². The fourth-order valence-electron chi connectivity index (χ4n) is 0.988. The standard InChI is InChI=1S/C13H18O2Si/c1-13(2,3)15-14-10-7-11-16-12-8-5-4-6-9-12/h4-9,11H,10H2,1-3H3. The van der Waals surface area contributed by atoms with E-state index >= 15 is 0 Å². The van der Waals surface area contributed by atoms with E-state index < -0.39 is 0 Å². The van der Waals surface area contributed by atoms with Gasteiger partial charge in [-0.15, -0.1) is 0 Å². The van der Waals surface area contributed by atoms with Crippen LogP contribution in [0.4, 0.5) is 0 Å². The summed E-state index contributed by atoms with van der Waals surface area (Å²) in [7, 11) is 0.686. The first-order valence-corrected chi connectivity index (χ1v) is 6.43. The second-order valence-electron chi connectivity index (χ2n) is 4.39. The Morgan fingerprint density at radius 3 is 2.50 bits per heavy atom. The molecule has 0 spiro atoms. The molecule has 0 saturated carbocycles. The molecule has 0 atom stereocenters. The second-order valence-corrected chi connectivity index (χ2v) is 5.59.